The van der Waals surface area contributed by atoms with Crippen LogP contribution in [0.25, 0.3) is 0 Å². The molecule has 1 heterocycles. The molecule has 0 aliphatic carbocycles. The number of nitriles is 1. The molecule has 0 unspecified atom stereocenters. The normalized spacial score (nSPS) is 16.8. The van der Waals surface area contributed by atoms with Crippen LogP contribution in [0.1, 0.15) is 5.56 Å². The van der Waals surface area contributed by atoms with Crippen molar-refractivity contribution in [2.24, 2.45) is 0 Å². The highest BCUT2D eigenvalue weighted by Gasteiger charge is 2.16. The molecule has 2 rings (SSSR count). The van der Waals surface area contributed by atoms with Gasteiger partial charge in [0.1, 0.15) is 0 Å². The van der Waals surface area contributed by atoms with Crippen molar-refractivity contribution in [3.8, 4) is 6.07 Å². The van der Waals surface area contributed by atoms with Gasteiger partial charge in [-0.2, -0.15) is 5.26 Å². The van der Waals surface area contributed by atoms with Crippen LogP contribution in [0.4, 0.5) is 5.69 Å². The van der Waals surface area contributed by atoms with Crippen molar-refractivity contribution in [3.05, 3.63) is 29.8 Å². The Labute approximate surface area is 102 Å². The van der Waals surface area contributed by atoms with E-state index in [0.717, 1.165) is 38.4 Å². The minimum atomic E-state index is 0.226. The summed E-state index contributed by atoms with van der Waals surface area (Å²) in [5.74, 6) is 0. The van der Waals surface area contributed by atoms with Crippen LogP contribution in [0, 0.1) is 11.3 Å². The maximum absolute atomic E-state index is 8.88. The fourth-order valence-electron chi connectivity index (χ4n) is 2.14. The molecule has 17 heavy (non-hydrogen) atoms. The van der Waals surface area contributed by atoms with E-state index < -0.39 is 0 Å². The lowest BCUT2D eigenvalue weighted by molar-refractivity contribution is 0.189. The monoisotopic (exact) mass is 231 g/mol. The second-order valence-electron chi connectivity index (χ2n) is 4.21. The highest BCUT2D eigenvalue weighted by atomic mass is 16.3. The van der Waals surface area contributed by atoms with E-state index in [1.54, 1.807) is 0 Å². The van der Waals surface area contributed by atoms with Gasteiger partial charge < -0.3 is 10.0 Å². The van der Waals surface area contributed by atoms with Gasteiger partial charge in [-0.1, -0.05) is 6.07 Å². The number of rotatable bonds is 3. The predicted octanol–water partition coefficient (Wildman–Crippen LogP) is 0.673. The average molecular weight is 231 g/mol. The topological polar surface area (TPSA) is 50.5 Å². The van der Waals surface area contributed by atoms with Crippen molar-refractivity contribution >= 4 is 5.69 Å². The van der Waals surface area contributed by atoms with E-state index in [1.807, 2.05) is 24.3 Å². The van der Waals surface area contributed by atoms with Gasteiger partial charge in [-0.15, -0.1) is 0 Å². The summed E-state index contributed by atoms with van der Waals surface area (Å²) < 4.78 is 0. The zero-order valence-electron chi connectivity index (χ0n) is 9.84. The SMILES string of the molecule is N#Cc1cccc(N2CCN(CCO)CC2)c1. The molecule has 1 N–H and O–H groups in total. The molecule has 1 aromatic rings. The van der Waals surface area contributed by atoms with E-state index in [9.17, 15) is 0 Å². The molecular weight excluding hydrogens is 214 g/mol. The number of benzene rings is 1. The molecule has 1 aliphatic rings. The maximum atomic E-state index is 8.88. The van der Waals surface area contributed by atoms with Crippen LogP contribution in [0.5, 0.6) is 0 Å². The van der Waals surface area contributed by atoms with E-state index in [1.165, 1.54) is 0 Å². The summed E-state index contributed by atoms with van der Waals surface area (Å²) in [6, 6.07) is 9.89. The van der Waals surface area contributed by atoms with Gasteiger partial charge in [0.2, 0.25) is 0 Å². The molecule has 0 atom stereocenters. The first-order valence-corrected chi connectivity index (χ1v) is 5.92. The molecule has 0 radical (unpaired) electrons. The van der Waals surface area contributed by atoms with E-state index >= 15 is 0 Å². The van der Waals surface area contributed by atoms with Gasteiger partial charge in [-0.25, -0.2) is 0 Å². The number of hydrogen-bond acceptors (Lipinski definition) is 4. The summed E-state index contributed by atoms with van der Waals surface area (Å²) >= 11 is 0. The summed E-state index contributed by atoms with van der Waals surface area (Å²) in [7, 11) is 0. The molecule has 0 amide bonds. The van der Waals surface area contributed by atoms with Gasteiger partial charge in [0.15, 0.2) is 0 Å². The number of β-amino-alcohol motifs (C(OH)–C–C–N with tert-alkyl or cyclic N) is 1. The minimum absolute atomic E-state index is 0.226. The third-order valence-electron chi connectivity index (χ3n) is 3.13. The Morgan fingerprint density at radius 1 is 1.24 bits per heavy atom. The summed E-state index contributed by atoms with van der Waals surface area (Å²) in [5.41, 5.74) is 1.83. The summed E-state index contributed by atoms with van der Waals surface area (Å²) in [4.78, 5) is 4.54. The molecule has 1 fully saturated rings. The number of anilines is 1. The molecular formula is C13H17N3O. The van der Waals surface area contributed by atoms with Crippen LogP contribution >= 0.6 is 0 Å². The van der Waals surface area contributed by atoms with Crippen molar-refractivity contribution in [1.82, 2.24) is 4.90 Å². The third kappa shape index (κ3) is 2.96. The fraction of sp³-hybridized carbons (Fsp3) is 0.462. The predicted molar refractivity (Wildman–Crippen MR) is 66.9 cm³/mol. The van der Waals surface area contributed by atoms with Crippen LogP contribution in [0.15, 0.2) is 24.3 Å². The lowest BCUT2D eigenvalue weighted by Gasteiger charge is -2.35. The van der Waals surface area contributed by atoms with Crippen molar-refractivity contribution in [2.45, 2.75) is 0 Å². The zero-order valence-corrected chi connectivity index (χ0v) is 9.84. The summed E-state index contributed by atoms with van der Waals surface area (Å²) in [5, 5.41) is 17.7. The highest BCUT2D eigenvalue weighted by molar-refractivity contribution is 5.51. The van der Waals surface area contributed by atoms with Crippen molar-refractivity contribution < 1.29 is 5.11 Å². The lowest BCUT2D eigenvalue weighted by atomic mass is 10.2. The fourth-order valence-corrected chi connectivity index (χ4v) is 2.14. The van der Waals surface area contributed by atoms with Crippen LogP contribution in [-0.2, 0) is 0 Å². The Bertz CT molecular complexity index is 405. The van der Waals surface area contributed by atoms with Gasteiger partial charge in [-0.05, 0) is 18.2 Å². The number of hydrogen-bond donors (Lipinski definition) is 1. The molecule has 0 saturated carbocycles. The summed E-state index contributed by atoms with van der Waals surface area (Å²) in [6.07, 6.45) is 0. The summed E-state index contributed by atoms with van der Waals surface area (Å²) in [6.45, 7) is 4.83. The van der Waals surface area contributed by atoms with Crippen molar-refractivity contribution in [3.63, 3.8) is 0 Å². The average Bonchev–Trinajstić information content (AvgIpc) is 2.40. The molecule has 0 aromatic heterocycles. The van der Waals surface area contributed by atoms with E-state index in [0.29, 0.717) is 5.56 Å². The number of aliphatic hydroxyl groups is 1. The quantitative estimate of drug-likeness (QED) is 0.831. The van der Waals surface area contributed by atoms with Gasteiger partial charge in [0, 0.05) is 38.4 Å². The molecule has 1 saturated heterocycles. The number of aliphatic hydroxyl groups excluding tert-OH is 1. The minimum Gasteiger partial charge on any atom is -0.395 e. The first-order chi connectivity index (χ1) is 8.33. The highest BCUT2D eigenvalue weighted by Crippen LogP contribution is 2.17. The van der Waals surface area contributed by atoms with Crippen molar-refractivity contribution in [1.29, 1.82) is 5.26 Å². The van der Waals surface area contributed by atoms with Crippen LogP contribution in [0.2, 0.25) is 0 Å². The lowest BCUT2D eigenvalue weighted by Crippen LogP contribution is -2.47. The van der Waals surface area contributed by atoms with Gasteiger partial charge >= 0.3 is 0 Å². The first-order valence-electron chi connectivity index (χ1n) is 5.92. The van der Waals surface area contributed by atoms with E-state index in [-0.39, 0.29) is 6.61 Å². The van der Waals surface area contributed by atoms with Crippen LogP contribution in [0.3, 0.4) is 0 Å². The second-order valence-corrected chi connectivity index (χ2v) is 4.21. The Morgan fingerprint density at radius 2 is 2.00 bits per heavy atom. The molecule has 1 aliphatic heterocycles. The molecule has 4 nitrogen and oxygen atoms in total. The largest absolute Gasteiger partial charge is 0.395 e. The molecule has 0 bridgehead atoms. The Kier molecular flexibility index (Phi) is 3.97. The molecule has 0 spiro atoms. The Morgan fingerprint density at radius 3 is 2.65 bits per heavy atom. The third-order valence-corrected chi connectivity index (χ3v) is 3.13. The Balaban J connectivity index is 1.98. The van der Waals surface area contributed by atoms with E-state index in [4.69, 9.17) is 10.4 Å². The van der Waals surface area contributed by atoms with Gasteiger partial charge in [-0.3, -0.25) is 4.90 Å². The maximum Gasteiger partial charge on any atom is 0.0992 e. The van der Waals surface area contributed by atoms with Crippen molar-refractivity contribution in [2.75, 3.05) is 44.2 Å². The van der Waals surface area contributed by atoms with Crippen LogP contribution in [-0.4, -0.2) is 49.3 Å². The van der Waals surface area contributed by atoms with Gasteiger partial charge in [0.05, 0.1) is 18.2 Å². The smallest absolute Gasteiger partial charge is 0.0992 e. The molecule has 4 heteroatoms. The first kappa shape index (κ1) is 11.9. The molecule has 90 valence electrons. The van der Waals surface area contributed by atoms with Gasteiger partial charge in [0.25, 0.3) is 0 Å². The Hall–Kier alpha value is -1.57. The zero-order chi connectivity index (χ0) is 12.1. The molecule has 1 aromatic carbocycles. The standard InChI is InChI=1S/C13H17N3O/c14-11-12-2-1-3-13(10-12)16-6-4-15(5-7-16)8-9-17/h1-3,10,17H,4-9H2. The van der Waals surface area contributed by atoms with Crippen LogP contribution < -0.4 is 4.90 Å². The number of nitrogens with zero attached hydrogens (tertiary/aromatic N) is 3. The van der Waals surface area contributed by atoms with E-state index in [2.05, 4.69) is 15.9 Å². The second kappa shape index (κ2) is 5.67. The number of piperazine rings is 1.